The largest absolute Gasteiger partial charge is 0.496 e. The summed E-state index contributed by atoms with van der Waals surface area (Å²) in [6, 6.07) is 5.85. The molecular weight excluding hydrogens is 164 g/mol. The van der Waals surface area contributed by atoms with E-state index in [1.807, 2.05) is 31.2 Å². The van der Waals surface area contributed by atoms with E-state index >= 15 is 0 Å². The molecule has 0 heterocycles. The molecule has 0 aliphatic carbocycles. The second-order valence-electron chi connectivity index (χ2n) is 2.76. The Hall–Kier alpha value is -1.28. The van der Waals surface area contributed by atoms with E-state index in [4.69, 9.17) is 9.84 Å². The van der Waals surface area contributed by atoms with Crippen molar-refractivity contribution in [2.24, 2.45) is 0 Å². The normalized spacial score (nSPS) is 10.7. The SMILES string of the molecule is COc1cccc(/C=C/CO)c1C. The van der Waals surface area contributed by atoms with Gasteiger partial charge in [-0.3, -0.25) is 0 Å². The van der Waals surface area contributed by atoms with Crippen LogP contribution in [0.1, 0.15) is 11.1 Å². The molecule has 1 aromatic carbocycles. The number of aliphatic hydroxyl groups excluding tert-OH is 1. The Labute approximate surface area is 78.5 Å². The lowest BCUT2D eigenvalue weighted by Gasteiger charge is -2.06. The Morgan fingerprint density at radius 3 is 2.85 bits per heavy atom. The maximum Gasteiger partial charge on any atom is 0.122 e. The molecule has 0 fully saturated rings. The van der Waals surface area contributed by atoms with E-state index in [1.165, 1.54) is 0 Å². The highest BCUT2D eigenvalue weighted by atomic mass is 16.5. The van der Waals surface area contributed by atoms with Crippen LogP contribution in [0.2, 0.25) is 0 Å². The van der Waals surface area contributed by atoms with Gasteiger partial charge in [-0.25, -0.2) is 0 Å². The Morgan fingerprint density at radius 1 is 1.46 bits per heavy atom. The first-order valence-electron chi connectivity index (χ1n) is 4.20. The van der Waals surface area contributed by atoms with Gasteiger partial charge in [-0.2, -0.15) is 0 Å². The quantitative estimate of drug-likeness (QED) is 0.767. The summed E-state index contributed by atoms with van der Waals surface area (Å²) < 4.78 is 5.17. The maximum atomic E-state index is 8.63. The fraction of sp³-hybridized carbons (Fsp3) is 0.273. The van der Waals surface area contributed by atoms with Crippen LogP contribution in [0, 0.1) is 6.92 Å². The van der Waals surface area contributed by atoms with E-state index < -0.39 is 0 Å². The summed E-state index contributed by atoms with van der Waals surface area (Å²) in [6.45, 7) is 2.06. The molecule has 2 nitrogen and oxygen atoms in total. The fourth-order valence-electron chi connectivity index (χ4n) is 1.21. The second-order valence-corrected chi connectivity index (χ2v) is 2.76. The molecule has 0 radical (unpaired) electrons. The van der Waals surface area contributed by atoms with Crippen molar-refractivity contribution < 1.29 is 9.84 Å². The van der Waals surface area contributed by atoms with Gasteiger partial charge < -0.3 is 9.84 Å². The summed E-state index contributed by atoms with van der Waals surface area (Å²) in [6.07, 6.45) is 3.60. The minimum atomic E-state index is 0.0661. The third kappa shape index (κ3) is 2.33. The van der Waals surface area contributed by atoms with E-state index in [0.717, 1.165) is 16.9 Å². The average Bonchev–Trinajstić information content (AvgIpc) is 2.16. The van der Waals surface area contributed by atoms with Crippen LogP contribution in [0.4, 0.5) is 0 Å². The monoisotopic (exact) mass is 178 g/mol. The number of methoxy groups -OCH3 is 1. The first kappa shape index (κ1) is 9.81. The standard InChI is InChI=1S/C11H14O2/c1-9-10(6-4-8-12)5-3-7-11(9)13-2/h3-7,12H,8H2,1-2H3/b6-4+. The number of ether oxygens (including phenoxy) is 1. The topological polar surface area (TPSA) is 29.5 Å². The van der Waals surface area contributed by atoms with Gasteiger partial charge in [0.2, 0.25) is 0 Å². The molecule has 0 unspecified atom stereocenters. The van der Waals surface area contributed by atoms with Gasteiger partial charge in [0.05, 0.1) is 13.7 Å². The van der Waals surface area contributed by atoms with Crippen LogP contribution in [-0.2, 0) is 0 Å². The van der Waals surface area contributed by atoms with Crippen molar-refractivity contribution in [1.29, 1.82) is 0 Å². The summed E-state index contributed by atoms with van der Waals surface area (Å²) in [7, 11) is 1.65. The zero-order chi connectivity index (χ0) is 9.68. The van der Waals surface area contributed by atoms with Crippen molar-refractivity contribution in [3.8, 4) is 5.75 Å². The van der Waals surface area contributed by atoms with E-state index in [2.05, 4.69) is 0 Å². The minimum absolute atomic E-state index is 0.0661. The lowest BCUT2D eigenvalue weighted by Crippen LogP contribution is -1.89. The molecule has 70 valence electrons. The number of hydrogen-bond donors (Lipinski definition) is 1. The molecule has 0 bridgehead atoms. The van der Waals surface area contributed by atoms with Gasteiger partial charge in [-0.15, -0.1) is 0 Å². The van der Waals surface area contributed by atoms with Gasteiger partial charge in [-0.1, -0.05) is 24.3 Å². The number of hydrogen-bond acceptors (Lipinski definition) is 2. The molecule has 0 saturated heterocycles. The van der Waals surface area contributed by atoms with Crippen LogP contribution in [0.25, 0.3) is 6.08 Å². The molecule has 1 N–H and O–H groups in total. The van der Waals surface area contributed by atoms with Crippen LogP contribution in [0.5, 0.6) is 5.75 Å². The molecule has 13 heavy (non-hydrogen) atoms. The average molecular weight is 178 g/mol. The molecule has 0 spiro atoms. The molecule has 2 heteroatoms. The van der Waals surface area contributed by atoms with Crippen LogP contribution in [0.3, 0.4) is 0 Å². The van der Waals surface area contributed by atoms with Crippen molar-refractivity contribution in [1.82, 2.24) is 0 Å². The minimum Gasteiger partial charge on any atom is -0.496 e. The predicted molar refractivity (Wildman–Crippen MR) is 53.9 cm³/mol. The summed E-state index contributed by atoms with van der Waals surface area (Å²) in [5.41, 5.74) is 2.17. The van der Waals surface area contributed by atoms with E-state index in [9.17, 15) is 0 Å². The molecule has 1 rings (SSSR count). The third-order valence-corrected chi connectivity index (χ3v) is 1.95. The van der Waals surface area contributed by atoms with E-state index in [0.29, 0.717) is 0 Å². The summed E-state index contributed by atoms with van der Waals surface area (Å²) >= 11 is 0. The van der Waals surface area contributed by atoms with Gasteiger partial charge >= 0.3 is 0 Å². The Kier molecular flexibility index (Phi) is 3.53. The van der Waals surface area contributed by atoms with Crippen LogP contribution in [-0.4, -0.2) is 18.8 Å². The predicted octanol–water partition coefficient (Wildman–Crippen LogP) is 2.01. The highest BCUT2D eigenvalue weighted by Gasteiger charge is 1.99. The molecule has 0 aromatic heterocycles. The van der Waals surface area contributed by atoms with Gasteiger partial charge in [0.1, 0.15) is 5.75 Å². The molecule has 0 atom stereocenters. The summed E-state index contributed by atoms with van der Waals surface area (Å²) in [5.74, 6) is 0.875. The molecular formula is C11H14O2. The first-order valence-corrected chi connectivity index (χ1v) is 4.20. The molecule has 0 aliphatic rings. The first-order chi connectivity index (χ1) is 6.29. The fourth-order valence-corrected chi connectivity index (χ4v) is 1.21. The van der Waals surface area contributed by atoms with E-state index in [-0.39, 0.29) is 6.61 Å². The highest BCUT2D eigenvalue weighted by Crippen LogP contribution is 2.21. The van der Waals surface area contributed by atoms with Crippen molar-refractivity contribution >= 4 is 6.08 Å². The van der Waals surface area contributed by atoms with Crippen molar-refractivity contribution in [2.45, 2.75) is 6.92 Å². The molecule has 0 saturated carbocycles. The lowest BCUT2D eigenvalue weighted by atomic mass is 10.1. The number of benzene rings is 1. The third-order valence-electron chi connectivity index (χ3n) is 1.95. The number of aliphatic hydroxyl groups is 1. The zero-order valence-electron chi connectivity index (χ0n) is 7.95. The smallest absolute Gasteiger partial charge is 0.122 e. The Morgan fingerprint density at radius 2 is 2.23 bits per heavy atom. The van der Waals surface area contributed by atoms with Crippen molar-refractivity contribution in [3.05, 3.63) is 35.4 Å². The van der Waals surface area contributed by atoms with E-state index in [1.54, 1.807) is 13.2 Å². The van der Waals surface area contributed by atoms with Crippen LogP contribution < -0.4 is 4.74 Å². The van der Waals surface area contributed by atoms with Gasteiger partial charge in [0.25, 0.3) is 0 Å². The summed E-state index contributed by atoms with van der Waals surface area (Å²) in [5, 5.41) is 8.63. The van der Waals surface area contributed by atoms with Crippen LogP contribution >= 0.6 is 0 Å². The number of rotatable bonds is 3. The van der Waals surface area contributed by atoms with Gasteiger partial charge in [0.15, 0.2) is 0 Å². The highest BCUT2D eigenvalue weighted by molar-refractivity contribution is 5.57. The molecule has 1 aromatic rings. The Bertz CT molecular complexity index is 303. The Balaban J connectivity index is 3.01. The lowest BCUT2D eigenvalue weighted by molar-refractivity contribution is 0.343. The van der Waals surface area contributed by atoms with Crippen LogP contribution in [0.15, 0.2) is 24.3 Å². The van der Waals surface area contributed by atoms with Crippen molar-refractivity contribution in [2.75, 3.05) is 13.7 Å². The zero-order valence-corrected chi connectivity index (χ0v) is 7.95. The maximum absolute atomic E-state index is 8.63. The second kappa shape index (κ2) is 4.67. The van der Waals surface area contributed by atoms with Crippen molar-refractivity contribution in [3.63, 3.8) is 0 Å². The molecule has 0 aliphatic heterocycles. The van der Waals surface area contributed by atoms with Gasteiger partial charge in [0, 0.05) is 0 Å². The van der Waals surface area contributed by atoms with Gasteiger partial charge in [-0.05, 0) is 24.1 Å². The summed E-state index contributed by atoms with van der Waals surface area (Å²) in [4.78, 5) is 0. The molecule has 0 amide bonds.